The second kappa shape index (κ2) is 6.43. The molecule has 0 saturated heterocycles. The lowest BCUT2D eigenvalue weighted by atomic mass is 10.1. The second-order valence-electron chi connectivity index (χ2n) is 5.39. The van der Waals surface area contributed by atoms with Gasteiger partial charge in [-0.05, 0) is 36.8 Å². The summed E-state index contributed by atoms with van der Waals surface area (Å²) in [6, 6.07) is 16.1. The van der Waals surface area contributed by atoms with Gasteiger partial charge in [0, 0.05) is 28.4 Å². The molecule has 0 unspecified atom stereocenters. The summed E-state index contributed by atoms with van der Waals surface area (Å²) in [6.07, 6.45) is 4.70. The van der Waals surface area contributed by atoms with E-state index in [9.17, 15) is 4.79 Å². The van der Waals surface area contributed by atoms with Crippen molar-refractivity contribution < 1.29 is 9.90 Å². The minimum absolute atomic E-state index is 0.282. The molecule has 2 aromatic carbocycles. The molecule has 0 amide bonds. The Balaban J connectivity index is 2.08. The number of fused-ring (bicyclic) bond motifs is 3. The van der Waals surface area contributed by atoms with Gasteiger partial charge in [-0.3, -0.25) is 0 Å². The van der Waals surface area contributed by atoms with Gasteiger partial charge in [-0.15, -0.1) is 0 Å². The van der Waals surface area contributed by atoms with Crippen LogP contribution in [0.25, 0.3) is 27.9 Å². The quantitative estimate of drug-likeness (QED) is 0.442. The van der Waals surface area contributed by atoms with Crippen LogP contribution in [-0.4, -0.2) is 15.6 Å². The third kappa shape index (κ3) is 2.68. The molecular formula is C20H16N2O2. The molecule has 0 bridgehead atoms. The minimum Gasteiger partial charge on any atom is -0.477 e. The van der Waals surface area contributed by atoms with Crippen molar-refractivity contribution in [2.24, 2.45) is 0 Å². The molecule has 3 rings (SSSR count). The molecular weight excluding hydrogens is 300 g/mol. The van der Waals surface area contributed by atoms with E-state index >= 15 is 0 Å². The predicted octanol–water partition coefficient (Wildman–Crippen LogP) is 4.36. The van der Waals surface area contributed by atoms with Gasteiger partial charge in [-0.1, -0.05) is 36.4 Å². The Labute approximate surface area is 139 Å². The zero-order valence-electron chi connectivity index (χ0n) is 13.2. The van der Waals surface area contributed by atoms with Gasteiger partial charge in [0.1, 0.15) is 11.6 Å². The molecule has 1 aromatic heterocycles. The number of hydrogen-bond donors (Lipinski definition) is 1. The number of carbonyl (C=O) groups is 1. The van der Waals surface area contributed by atoms with Gasteiger partial charge in [-0.2, -0.15) is 5.26 Å². The lowest BCUT2D eigenvalue weighted by Gasteiger charge is -2.02. The fraction of sp³-hybridized carbons (Fsp3) is 0.100. The summed E-state index contributed by atoms with van der Waals surface area (Å²) in [6.45, 7) is 3.02. The number of aliphatic carboxylic acids is 1. The summed E-state index contributed by atoms with van der Waals surface area (Å²) in [4.78, 5) is 10.8. The summed E-state index contributed by atoms with van der Waals surface area (Å²) in [7, 11) is 0. The maximum atomic E-state index is 10.8. The second-order valence-corrected chi connectivity index (χ2v) is 5.39. The highest BCUT2D eigenvalue weighted by Crippen LogP contribution is 2.29. The van der Waals surface area contributed by atoms with Gasteiger partial charge in [0.2, 0.25) is 0 Å². The van der Waals surface area contributed by atoms with E-state index in [1.54, 1.807) is 18.2 Å². The number of benzene rings is 2. The van der Waals surface area contributed by atoms with Gasteiger partial charge in [0.25, 0.3) is 0 Å². The van der Waals surface area contributed by atoms with Crippen LogP contribution in [-0.2, 0) is 11.3 Å². The number of para-hydroxylation sites is 1. The Bertz CT molecular complexity index is 1030. The van der Waals surface area contributed by atoms with Crippen molar-refractivity contribution in [3.63, 3.8) is 0 Å². The Kier molecular flexibility index (Phi) is 4.17. The first-order valence-corrected chi connectivity index (χ1v) is 7.68. The Morgan fingerprint density at radius 1 is 1.21 bits per heavy atom. The number of nitriles is 1. The van der Waals surface area contributed by atoms with Crippen LogP contribution in [0.4, 0.5) is 0 Å². The SMILES string of the molecule is CCn1c2ccccc2c2cc(/C=C/C=C(\C#N)C(=O)O)ccc21. The number of aromatic nitrogens is 1. The topological polar surface area (TPSA) is 66.0 Å². The molecule has 24 heavy (non-hydrogen) atoms. The van der Waals surface area contributed by atoms with Crippen LogP contribution < -0.4 is 0 Å². The maximum Gasteiger partial charge on any atom is 0.346 e. The van der Waals surface area contributed by atoms with E-state index in [2.05, 4.69) is 35.8 Å². The average molecular weight is 316 g/mol. The van der Waals surface area contributed by atoms with Crippen molar-refractivity contribution in [2.45, 2.75) is 13.5 Å². The Hall–Kier alpha value is -3.32. The van der Waals surface area contributed by atoms with Crippen molar-refractivity contribution in [3.8, 4) is 6.07 Å². The number of carboxylic acids is 1. The molecule has 0 radical (unpaired) electrons. The molecule has 3 aromatic rings. The minimum atomic E-state index is -1.22. The summed E-state index contributed by atoms with van der Waals surface area (Å²) >= 11 is 0. The van der Waals surface area contributed by atoms with Crippen molar-refractivity contribution >= 4 is 33.9 Å². The maximum absolute atomic E-state index is 10.8. The Morgan fingerprint density at radius 2 is 1.96 bits per heavy atom. The molecule has 0 saturated carbocycles. The molecule has 0 aliphatic rings. The number of carboxylic acid groups (broad SMARTS) is 1. The number of hydrogen-bond acceptors (Lipinski definition) is 2. The van der Waals surface area contributed by atoms with Gasteiger partial charge in [0.15, 0.2) is 0 Å². The smallest absolute Gasteiger partial charge is 0.346 e. The molecule has 4 heteroatoms. The number of rotatable bonds is 4. The van der Waals surface area contributed by atoms with Crippen LogP contribution >= 0.6 is 0 Å². The highest BCUT2D eigenvalue weighted by Gasteiger charge is 2.08. The van der Waals surface area contributed by atoms with Crippen LogP contribution in [0, 0.1) is 11.3 Å². The lowest BCUT2D eigenvalue weighted by molar-refractivity contribution is -0.132. The summed E-state index contributed by atoms with van der Waals surface area (Å²) in [5, 5.41) is 19.9. The summed E-state index contributed by atoms with van der Waals surface area (Å²) in [5.74, 6) is -1.22. The molecule has 1 N–H and O–H groups in total. The molecule has 0 fully saturated rings. The fourth-order valence-electron chi connectivity index (χ4n) is 2.93. The van der Waals surface area contributed by atoms with Crippen LogP contribution in [0.3, 0.4) is 0 Å². The number of nitrogens with zero attached hydrogens (tertiary/aromatic N) is 2. The van der Waals surface area contributed by atoms with E-state index in [1.165, 1.54) is 22.5 Å². The van der Waals surface area contributed by atoms with Crippen LogP contribution in [0.15, 0.2) is 60.2 Å². The van der Waals surface area contributed by atoms with Crippen molar-refractivity contribution in [2.75, 3.05) is 0 Å². The molecule has 1 heterocycles. The van der Waals surface area contributed by atoms with Crippen LogP contribution in [0.5, 0.6) is 0 Å². The third-order valence-corrected chi connectivity index (χ3v) is 4.02. The van der Waals surface area contributed by atoms with Gasteiger partial charge in [-0.25, -0.2) is 4.79 Å². The average Bonchev–Trinajstić information content (AvgIpc) is 2.91. The van der Waals surface area contributed by atoms with E-state index in [-0.39, 0.29) is 5.57 Å². The van der Waals surface area contributed by atoms with Crippen molar-refractivity contribution in [3.05, 3.63) is 65.8 Å². The van der Waals surface area contributed by atoms with Crippen molar-refractivity contribution in [1.29, 1.82) is 5.26 Å². The largest absolute Gasteiger partial charge is 0.477 e. The molecule has 0 atom stereocenters. The van der Waals surface area contributed by atoms with E-state index in [0.29, 0.717) is 0 Å². The monoisotopic (exact) mass is 316 g/mol. The first-order valence-electron chi connectivity index (χ1n) is 7.68. The molecule has 4 nitrogen and oxygen atoms in total. The number of allylic oxidation sites excluding steroid dienone is 2. The van der Waals surface area contributed by atoms with Crippen LogP contribution in [0.2, 0.25) is 0 Å². The molecule has 0 spiro atoms. The fourth-order valence-corrected chi connectivity index (χ4v) is 2.93. The lowest BCUT2D eigenvalue weighted by Crippen LogP contribution is -1.96. The zero-order valence-corrected chi connectivity index (χ0v) is 13.2. The molecule has 0 aliphatic carbocycles. The number of aryl methyl sites for hydroxylation is 1. The standard InChI is InChI=1S/C20H16N2O2/c1-2-22-18-9-4-3-8-16(18)17-12-14(10-11-19(17)22)6-5-7-15(13-21)20(23)24/h3-12H,2H2,1H3,(H,23,24)/b6-5+,15-7+. The first kappa shape index (κ1) is 15.6. The predicted molar refractivity (Wildman–Crippen MR) is 95.5 cm³/mol. The van der Waals surface area contributed by atoms with E-state index in [4.69, 9.17) is 10.4 Å². The van der Waals surface area contributed by atoms with Gasteiger partial charge < -0.3 is 9.67 Å². The first-order chi connectivity index (χ1) is 11.7. The third-order valence-electron chi connectivity index (χ3n) is 4.02. The van der Waals surface area contributed by atoms with Gasteiger partial charge >= 0.3 is 5.97 Å². The molecule has 118 valence electrons. The summed E-state index contributed by atoms with van der Waals surface area (Å²) in [5.41, 5.74) is 3.05. The van der Waals surface area contributed by atoms with E-state index in [0.717, 1.165) is 17.5 Å². The highest BCUT2D eigenvalue weighted by molar-refractivity contribution is 6.08. The van der Waals surface area contributed by atoms with Gasteiger partial charge in [0.05, 0.1) is 0 Å². The molecule has 0 aliphatic heterocycles. The Morgan fingerprint density at radius 3 is 2.67 bits per heavy atom. The van der Waals surface area contributed by atoms with E-state index < -0.39 is 5.97 Å². The van der Waals surface area contributed by atoms with Crippen LogP contribution in [0.1, 0.15) is 12.5 Å². The van der Waals surface area contributed by atoms with Crippen molar-refractivity contribution in [1.82, 2.24) is 4.57 Å². The zero-order chi connectivity index (χ0) is 17.1. The summed E-state index contributed by atoms with van der Waals surface area (Å²) < 4.78 is 2.27. The highest BCUT2D eigenvalue weighted by atomic mass is 16.4. The van der Waals surface area contributed by atoms with E-state index in [1.807, 2.05) is 18.2 Å². The normalized spacial score (nSPS) is 12.1.